The van der Waals surface area contributed by atoms with E-state index in [0.717, 1.165) is 63.4 Å². The Kier molecular flexibility index (Phi) is 6.30. The van der Waals surface area contributed by atoms with E-state index in [4.69, 9.17) is 16.2 Å². The maximum Gasteiger partial charge on any atom is 0.331 e. The summed E-state index contributed by atoms with van der Waals surface area (Å²) in [6.45, 7) is 5.06. The van der Waals surface area contributed by atoms with Crippen LogP contribution in [0.15, 0.2) is 11.6 Å². The molecule has 0 aromatic rings. The van der Waals surface area contributed by atoms with Crippen molar-refractivity contribution < 1.29 is 24.2 Å². The maximum atomic E-state index is 12.8. The third-order valence-corrected chi connectivity index (χ3v) is 11.6. The first-order valence-corrected chi connectivity index (χ1v) is 13.8. The van der Waals surface area contributed by atoms with Gasteiger partial charge >= 0.3 is 5.97 Å². The molecule has 4 saturated carbocycles. The van der Waals surface area contributed by atoms with E-state index in [0.29, 0.717) is 18.4 Å². The van der Waals surface area contributed by atoms with Crippen LogP contribution in [0.2, 0.25) is 0 Å². The van der Waals surface area contributed by atoms with Crippen LogP contribution in [0, 0.1) is 34.5 Å². The molecule has 5 rings (SSSR count). The van der Waals surface area contributed by atoms with Crippen molar-refractivity contribution in [2.45, 2.75) is 95.7 Å². The summed E-state index contributed by atoms with van der Waals surface area (Å²) in [5.41, 5.74) is 11.5. The first-order valence-electron chi connectivity index (χ1n) is 13.8. The fraction of sp³-hybridized carbons (Fsp3) is 0.821. The second kappa shape index (κ2) is 8.83. The maximum absolute atomic E-state index is 12.8. The molecule has 4 aliphatic carbocycles. The third kappa shape index (κ3) is 3.73. The van der Waals surface area contributed by atoms with Crippen molar-refractivity contribution in [3.05, 3.63) is 11.6 Å². The van der Waals surface area contributed by atoms with Gasteiger partial charge in [-0.2, -0.15) is 0 Å². The quantitative estimate of drug-likeness (QED) is 0.495. The van der Waals surface area contributed by atoms with Crippen molar-refractivity contribution in [3.63, 3.8) is 0 Å². The Morgan fingerprint density at radius 1 is 1.14 bits per heavy atom. The van der Waals surface area contributed by atoms with Crippen molar-refractivity contribution in [2.24, 2.45) is 46.0 Å². The summed E-state index contributed by atoms with van der Waals surface area (Å²) in [5, 5.41) is 12.4. The van der Waals surface area contributed by atoms with Crippen molar-refractivity contribution in [1.29, 1.82) is 0 Å². The monoisotopic (exact) mass is 501 g/mol. The van der Waals surface area contributed by atoms with Gasteiger partial charge in [0.15, 0.2) is 0 Å². The summed E-state index contributed by atoms with van der Waals surface area (Å²) >= 11 is 0. The van der Waals surface area contributed by atoms with Gasteiger partial charge in [-0.15, -0.1) is 0 Å². The number of aliphatic hydroxyl groups is 1. The first-order chi connectivity index (χ1) is 16.9. The number of nitrogens with zero attached hydrogens (tertiary/aromatic N) is 1. The van der Waals surface area contributed by atoms with E-state index in [-0.39, 0.29) is 47.0 Å². The van der Waals surface area contributed by atoms with E-state index >= 15 is 0 Å². The first kappa shape index (κ1) is 25.7. The van der Waals surface area contributed by atoms with Crippen LogP contribution in [0.25, 0.3) is 0 Å². The van der Waals surface area contributed by atoms with Crippen molar-refractivity contribution in [1.82, 2.24) is 4.90 Å². The van der Waals surface area contributed by atoms with Gasteiger partial charge in [0.05, 0.1) is 18.1 Å². The fourth-order valence-corrected chi connectivity index (χ4v) is 9.48. The van der Waals surface area contributed by atoms with Gasteiger partial charge < -0.3 is 26.2 Å². The van der Waals surface area contributed by atoms with Crippen LogP contribution in [-0.4, -0.2) is 59.1 Å². The standard InChI is InChI=1S/C28H43N3O5/c1-26-9-6-18(31(3)25(34)22(29)14-23(30)32)13-17(26)4-5-21-20(26)7-10-27(2)19(8-11-28(21,27)35)16-12-24(33)36-15-16/h12,17-22,35H,4-11,13-15,29H2,1-3H3,(H2,30,32)/t17-,18+,19-,20+,21-,22+,26+,27-,28+/m1/s1. The molecule has 0 aromatic heterocycles. The molecule has 8 heteroatoms. The molecule has 0 spiro atoms. The molecule has 0 bridgehead atoms. The zero-order valence-electron chi connectivity index (χ0n) is 22.0. The fourth-order valence-electron chi connectivity index (χ4n) is 9.48. The Morgan fingerprint density at radius 2 is 1.89 bits per heavy atom. The lowest BCUT2D eigenvalue weighted by molar-refractivity contribution is -0.206. The average molecular weight is 502 g/mol. The summed E-state index contributed by atoms with van der Waals surface area (Å²) in [6, 6.07) is -0.765. The Bertz CT molecular complexity index is 982. The number of fused-ring (bicyclic) bond motifs is 5. The van der Waals surface area contributed by atoms with Gasteiger partial charge in [-0.3, -0.25) is 9.59 Å². The number of hydrogen-bond donors (Lipinski definition) is 3. The molecule has 5 aliphatic rings. The zero-order valence-corrected chi connectivity index (χ0v) is 22.0. The molecular weight excluding hydrogens is 458 g/mol. The highest BCUT2D eigenvalue weighted by molar-refractivity contribution is 5.87. The van der Waals surface area contributed by atoms with E-state index in [1.165, 1.54) is 0 Å². The topological polar surface area (TPSA) is 136 Å². The van der Waals surface area contributed by atoms with Crippen LogP contribution in [0.4, 0.5) is 0 Å². The summed E-state index contributed by atoms with van der Waals surface area (Å²) in [5.74, 6) is 0.414. The average Bonchev–Trinajstić information content (AvgIpc) is 3.37. The molecule has 8 nitrogen and oxygen atoms in total. The Morgan fingerprint density at radius 3 is 2.56 bits per heavy atom. The van der Waals surface area contributed by atoms with E-state index in [1.807, 2.05) is 7.05 Å². The molecule has 9 atom stereocenters. The number of rotatable bonds is 5. The van der Waals surface area contributed by atoms with E-state index < -0.39 is 17.6 Å². The number of hydrogen-bond acceptors (Lipinski definition) is 6. The Balaban J connectivity index is 1.31. The van der Waals surface area contributed by atoms with Gasteiger partial charge in [-0.05, 0) is 92.4 Å². The lowest BCUT2D eigenvalue weighted by Crippen LogP contribution is -2.63. The number of ether oxygens (including phenoxy) is 1. The molecule has 36 heavy (non-hydrogen) atoms. The molecule has 200 valence electrons. The van der Waals surface area contributed by atoms with Crippen molar-refractivity contribution in [3.8, 4) is 0 Å². The predicted octanol–water partition coefficient (Wildman–Crippen LogP) is 2.27. The number of esters is 1. The molecule has 0 saturated heterocycles. The van der Waals surface area contributed by atoms with Gasteiger partial charge in [0.1, 0.15) is 6.61 Å². The molecule has 1 aliphatic heterocycles. The summed E-state index contributed by atoms with van der Waals surface area (Å²) in [7, 11) is 1.81. The predicted molar refractivity (Wildman–Crippen MR) is 134 cm³/mol. The number of carbonyl (C=O) groups is 3. The number of amides is 2. The van der Waals surface area contributed by atoms with Crippen LogP contribution >= 0.6 is 0 Å². The van der Waals surface area contributed by atoms with Gasteiger partial charge in [0.25, 0.3) is 0 Å². The lowest BCUT2D eigenvalue weighted by atomic mass is 9.43. The highest BCUT2D eigenvalue weighted by Gasteiger charge is 2.67. The van der Waals surface area contributed by atoms with Gasteiger partial charge in [0, 0.05) is 24.6 Å². The molecule has 2 amide bonds. The normalized spacial score (nSPS) is 44.5. The smallest absolute Gasteiger partial charge is 0.331 e. The summed E-state index contributed by atoms with van der Waals surface area (Å²) in [6.07, 6.45) is 10.2. The third-order valence-electron chi connectivity index (χ3n) is 11.6. The number of nitrogens with two attached hydrogens (primary N) is 2. The molecular formula is C28H43N3O5. The largest absolute Gasteiger partial charge is 0.458 e. The van der Waals surface area contributed by atoms with E-state index in [9.17, 15) is 19.5 Å². The minimum Gasteiger partial charge on any atom is -0.458 e. The number of carbonyl (C=O) groups excluding carboxylic acids is 3. The van der Waals surface area contributed by atoms with E-state index in [2.05, 4.69) is 13.8 Å². The number of cyclic esters (lactones) is 1. The second-order valence-electron chi connectivity index (χ2n) is 12.9. The lowest BCUT2D eigenvalue weighted by Gasteiger charge is -2.64. The Hall–Kier alpha value is -1.93. The summed E-state index contributed by atoms with van der Waals surface area (Å²) in [4.78, 5) is 37.6. The minimum atomic E-state index is -0.882. The zero-order chi connectivity index (χ0) is 26.0. The van der Waals surface area contributed by atoms with Crippen LogP contribution in [0.5, 0.6) is 0 Å². The van der Waals surface area contributed by atoms with Crippen LogP contribution in [0.3, 0.4) is 0 Å². The van der Waals surface area contributed by atoms with Gasteiger partial charge in [-0.25, -0.2) is 4.79 Å². The molecule has 0 unspecified atom stereocenters. The number of likely N-dealkylation sites (N-methyl/N-ethyl adjacent to an activating group) is 1. The highest BCUT2D eigenvalue weighted by Crippen LogP contribution is 2.70. The van der Waals surface area contributed by atoms with Gasteiger partial charge in [-0.1, -0.05) is 13.8 Å². The van der Waals surface area contributed by atoms with Crippen molar-refractivity contribution in [2.75, 3.05) is 13.7 Å². The molecule has 4 fully saturated rings. The van der Waals surface area contributed by atoms with Crippen LogP contribution in [0.1, 0.15) is 78.1 Å². The molecule has 5 N–H and O–H groups in total. The van der Waals surface area contributed by atoms with E-state index in [1.54, 1.807) is 11.0 Å². The molecule has 1 heterocycles. The summed E-state index contributed by atoms with van der Waals surface area (Å²) < 4.78 is 5.24. The number of primary amides is 1. The van der Waals surface area contributed by atoms with Crippen LogP contribution < -0.4 is 11.5 Å². The Labute approximate surface area is 214 Å². The highest BCUT2D eigenvalue weighted by atomic mass is 16.5. The SMILES string of the molecule is CN(C(=O)[C@@H](N)CC(N)=O)[C@H]1CC[C@@]2(C)[C@H](CC[C@@H]3[C@@H]2CC[C@]2(C)[C@@H](C4=CC(=O)OC4)CC[C@]32O)C1. The molecule has 0 radical (unpaired) electrons. The van der Waals surface area contributed by atoms with Crippen LogP contribution in [-0.2, 0) is 19.1 Å². The molecule has 0 aromatic carbocycles. The van der Waals surface area contributed by atoms with Gasteiger partial charge in [0.2, 0.25) is 11.8 Å². The van der Waals surface area contributed by atoms with Crippen molar-refractivity contribution >= 4 is 17.8 Å². The minimum absolute atomic E-state index is 0.116. The second-order valence-corrected chi connectivity index (χ2v) is 12.9.